The molecule has 22 heavy (non-hydrogen) atoms. The summed E-state index contributed by atoms with van der Waals surface area (Å²) in [6.07, 6.45) is -3.95. The highest BCUT2D eigenvalue weighted by atomic mass is 35.5. The second-order valence-electron chi connectivity index (χ2n) is 5.01. The van der Waals surface area contributed by atoms with E-state index in [0.717, 1.165) is 17.7 Å². The first-order valence-corrected chi connectivity index (χ1v) is 7.38. The predicted molar refractivity (Wildman–Crippen MR) is 83.4 cm³/mol. The molecule has 2 aromatic rings. The second kappa shape index (κ2) is 6.90. The molecule has 0 radical (unpaired) electrons. The van der Waals surface area contributed by atoms with E-state index in [0.29, 0.717) is 28.6 Å². The van der Waals surface area contributed by atoms with Crippen LogP contribution in [0.25, 0.3) is 0 Å². The average Bonchev–Trinajstić information content (AvgIpc) is 2.47. The molecule has 0 bridgehead atoms. The van der Waals surface area contributed by atoms with Gasteiger partial charge < -0.3 is 5.73 Å². The van der Waals surface area contributed by atoms with Gasteiger partial charge in [0.15, 0.2) is 0 Å². The third-order valence-electron chi connectivity index (χ3n) is 3.44. The minimum absolute atomic E-state index is 0.127. The Balaban J connectivity index is 2.25. The minimum Gasteiger partial charge on any atom is -0.330 e. The third-order valence-corrected chi connectivity index (χ3v) is 4.18. The van der Waals surface area contributed by atoms with Gasteiger partial charge in [0.1, 0.15) is 0 Å². The summed E-state index contributed by atoms with van der Waals surface area (Å²) in [5.74, 6) is -0.127. The van der Waals surface area contributed by atoms with E-state index in [4.69, 9.17) is 28.9 Å². The van der Waals surface area contributed by atoms with Gasteiger partial charge in [0.2, 0.25) is 0 Å². The maximum absolute atomic E-state index is 12.8. The van der Waals surface area contributed by atoms with Crippen LogP contribution in [-0.2, 0) is 12.6 Å². The van der Waals surface area contributed by atoms with Gasteiger partial charge in [0.25, 0.3) is 0 Å². The molecule has 0 saturated heterocycles. The summed E-state index contributed by atoms with van der Waals surface area (Å²) in [5.41, 5.74) is 6.54. The number of hydrogen-bond donors (Lipinski definition) is 1. The van der Waals surface area contributed by atoms with Gasteiger partial charge in [0, 0.05) is 5.92 Å². The molecule has 1 unspecified atom stereocenters. The number of rotatable bonds is 4. The molecule has 6 heteroatoms. The average molecular weight is 348 g/mol. The van der Waals surface area contributed by atoms with Crippen molar-refractivity contribution in [3.63, 3.8) is 0 Å². The van der Waals surface area contributed by atoms with E-state index in [9.17, 15) is 13.2 Å². The van der Waals surface area contributed by atoms with Gasteiger partial charge in [-0.1, -0.05) is 47.5 Å². The Morgan fingerprint density at radius 1 is 1.00 bits per heavy atom. The molecule has 0 saturated carbocycles. The van der Waals surface area contributed by atoms with Crippen molar-refractivity contribution in [2.45, 2.75) is 18.5 Å². The number of halogens is 5. The van der Waals surface area contributed by atoms with Crippen molar-refractivity contribution >= 4 is 23.2 Å². The molecule has 1 atom stereocenters. The molecular formula is C16H14Cl2F3N. The zero-order valence-electron chi connectivity index (χ0n) is 11.5. The van der Waals surface area contributed by atoms with Crippen LogP contribution in [0.1, 0.15) is 22.6 Å². The summed E-state index contributed by atoms with van der Waals surface area (Å²) < 4.78 is 38.3. The van der Waals surface area contributed by atoms with Crippen LogP contribution >= 0.6 is 23.2 Å². The van der Waals surface area contributed by atoms with Gasteiger partial charge >= 0.3 is 6.18 Å². The summed E-state index contributed by atoms with van der Waals surface area (Å²) >= 11 is 11.9. The van der Waals surface area contributed by atoms with Crippen molar-refractivity contribution in [1.82, 2.24) is 0 Å². The monoisotopic (exact) mass is 347 g/mol. The third kappa shape index (κ3) is 4.15. The summed E-state index contributed by atoms with van der Waals surface area (Å²) in [6, 6.07) is 10.4. The van der Waals surface area contributed by atoms with Gasteiger partial charge in [-0.2, -0.15) is 13.2 Å². The first-order valence-electron chi connectivity index (χ1n) is 6.62. The molecule has 0 aromatic heterocycles. The fraction of sp³-hybridized carbons (Fsp3) is 0.250. The molecule has 1 nitrogen and oxygen atoms in total. The Morgan fingerprint density at radius 3 is 2.32 bits per heavy atom. The van der Waals surface area contributed by atoms with Crippen LogP contribution in [0, 0.1) is 0 Å². The van der Waals surface area contributed by atoms with Gasteiger partial charge in [-0.25, -0.2) is 0 Å². The highest BCUT2D eigenvalue weighted by molar-refractivity contribution is 6.42. The highest BCUT2D eigenvalue weighted by Gasteiger charge is 2.30. The van der Waals surface area contributed by atoms with E-state index in [1.807, 2.05) is 0 Å². The summed E-state index contributed by atoms with van der Waals surface area (Å²) in [6.45, 7) is 0.300. The molecule has 2 N–H and O–H groups in total. The molecule has 118 valence electrons. The van der Waals surface area contributed by atoms with E-state index < -0.39 is 11.7 Å². The van der Waals surface area contributed by atoms with Crippen LogP contribution in [0.3, 0.4) is 0 Å². The maximum atomic E-state index is 12.8. The highest BCUT2D eigenvalue weighted by Crippen LogP contribution is 2.32. The lowest BCUT2D eigenvalue weighted by Crippen LogP contribution is -2.15. The van der Waals surface area contributed by atoms with Gasteiger partial charge in [-0.15, -0.1) is 0 Å². The van der Waals surface area contributed by atoms with E-state index in [1.165, 1.54) is 6.07 Å². The summed E-state index contributed by atoms with van der Waals surface area (Å²) in [4.78, 5) is 0. The lowest BCUT2D eigenvalue weighted by Gasteiger charge is -2.17. The molecule has 0 aliphatic heterocycles. The van der Waals surface area contributed by atoms with Crippen LogP contribution < -0.4 is 5.73 Å². The summed E-state index contributed by atoms with van der Waals surface area (Å²) in [5, 5.41) is 0.835. The van der Waals surface area contributed by atoms with E-state index in [2.05, 4.69) is 0 Å². The van der Waals surface area contributed by atoms with Crippen molar-refractivity contribution in [3.05, 3.63) is 69.2 Å². The lowest BCUT2D eigenvalue weighted by molar-refractivity contribution is -0.137. The van der Waals surface area contributed by atoms with Gasteiger partial charge in [-0.3, -0.25) is 0 Å². The Bertz CT molecular complexity index is 656. The van der Waals surface area contributed by atoms with E-state index in [-0.39, 0.29) is 5.92 Å². The quantitative estimate of drug-likeness (QED) is 0.798. The molecule has 0 spiro atoms. The first-order chi connectivity index (χ1) is 10.3. The standard InChI is InChI=1S/C16H14Cl2F3N/c17-14-5-4-11(8-15(14)18)12(9-22)6-10-2-1-3-13(7-10)16(19,20)21/h1-5,7-8,12H,6,9,22H2. The molecule has 0 amide bonds. The molecule has 0 aliphatic carbocycles. The SMILES string of the molecule is NCC(Cc1cccc(C(F)(F)F)c1)c1ccc(Cl)c(Cl)c1. The Morgan fingerprint density at radius 2 is 1.73 bits per heavy atom. The fourth-order valence-electron chi connectivity index (χ4n) is 2.26. The summed E-state index contributed by atoms with van der Waals surface area (Å²) in [7, 11) is 0. The smallest absolute Gasteiger partial charge is 0.330 e. The van der Waals surface area contributed by atoms with E-state index in [1.54, 1.807) is 24.3 Å². The molecule has 2 aromatic carbocycles. The number of nitrogens with two attached hydrogens (primary N) is 1. The first kappa shape index (κ1) is 17.1. The second-order valence-corrected chi connectivity index (χ2v) is 5.82. The van der Waals surface area contributed by atoms with Crippen LogP contribution in [0.15, 0.2) is 42.5 Å². The van der Waals surface area contributed by atoms with E-state index >= 15 is 0 Å². The van der Waals surface area contributed by atoms with Gasteiger partial charge in [0.05, 0.1) is 15.6 Å². The van der Waals surface area contributed by atoms with Gasteiger partial charge in [-0.05, 0) is 42.3 Å². The van der Waals surface area contributed by atoms with Crippen molar-refractivity contribution in [1.29, 1.82) is 0 Å². The molecular weight excluding hydrogens is 334 g/mol. The topological polar surface area (TPSA) is 26.0 Å². The van der Waals surface area contributed by atoms with Crippen LogP contribution in [0.2, 0.25) is 10.0 Å². The number of benzene rings is 2. The maximum Gasteiger partial charge on any atom is 0.416 e. The van der Waals surface area contributed by atoms with Crippen LogP contribution in [0.5, 0.6) is 0 Å². The fourth-order valence-corrected chi connectivity index (χ4v) is 2.57. The number of alkyl halides is 3. The molecule has 0 aliphatic rings. The molecule has 0 heterocycles. The Labute approximate surface area is 136 Å². The lowest BCUT2D eigenvalue weighted by atomic mass is 9.91. The van der Waals surface area contributed by atoms with Crippen molar-refractivity contribution in [2.24, 2.45) is 5.73 Å². The molecule has 2 rings (SSSR count). The predicted octanol–water partition coefficient (Wildman–Crippen LogP) is 5.30. The Kier molecular flexibility index (Phi) is 5.37. The van der Waals surface area contributed by atoms with Crippen LogP contribution in [-0.4, -0.2) is 6.54 Å². The zero-order valence-corrected chi connectivity index (χ0v) is 13.0. The van der Waals surface area contributed by atoms with Crippen molar-refractivity contribution in [2.75, 3.05) is 6.54 Å². The number of hydrogen-bond acceptors (Lipinski definition) is 1. The zero-order chi connectivity index (χ0) is 16.3. The Hall–Kier alpha value is -1.23. The normalized spacial score (nSPS) is 13.2. The minimum atomic E-state index is -4.35. The van der Waals surface area contributed by atoms with Crippen molar-refractivity contribution in [3.8, 4) is 0 Å². The van der Waals surface area contributed by atoms with Crippen molar-refractivity contribution < 1.29 is 13.2 Å². The molecule has 0 fully saturated rings. The largest absolute Gasteiger partial charge is 0.416 e. The van der Waals surface area contributed by atoms with Crippen LogP contribution in [0.4, 0.5) is 13.2 Å².